The summed E-state index contributed by atoms with van der Waals surface area (Å²) in [7, 11) is 1.79. The van der Waals surface area contributed by atoms with Crippen LogP contribution in [0.25, 0.3) is 0 Å². The molecule has 2 rings (SSSR count). The highest BCUT2D eigenvalue weighted by Gasteiger charge is 2.18. The molecule has 19 heavy (non-hydrogen) atoms. The van der Waals surface area contributed by atoms with E-state index in [1.807, 2.05) is 0 Å². The molecule has 0 aliphatic carbocycles. The summed E-state index contributed by atoms with van der Waals surface area (Å²) in [5, 5.41) is 17.6. The fourth-order valence-electron chi connectivity index (χ4n) is 1.54. The average Bonchev–Trinajstić information content (AvgIpc) is 2.78. The number of rotatable bonds is 3. The standard InChI is InChI=1S/C10H10Cl2N6O/c1-5(9-17-13-4-18(9)2)14-10(19)6-3-7(11)15-16-8(6)12/h3-5H,1-2H3,(H,14,19). The molecular formula is C10H10Cl2N6O. The van der Waals surface area contributed by atoms with Gasteiger partial charge in [0.2, 0.25) is 0 Å². The van der Waals surface area contributed by atoms with Crippen LogP contribution in [-0.4, -0.2) is 30.9 Å². The molecule has 7 nitrogen and oxygen atoms in total. The summed E-state index contributed by atoms with van der Waals surface area (Å²) >= 11 is 11.5. The first-order valence-corrected chi connectivity index (χ1v) is 6.08. The number of nitrogens with one attached hydrogen (secondary N) is 1. The zero-order chi connectivity index (χ0) is 14.0. The molecule has 1 atom stereocenters. The normalized spacial score (nSPS) is 12.2. The minimum Gasteiger partial charge on any atom is -0.342 e. The van der Waals surface area contributed by atoms with Gasteiger partial charge in [-0.05, 0) is 13.0 Å². The summed E-state index contributed by atoms with van der Waals surface area (Å²) in [5.41, 5.74) is 0.163. The third-order valence-corrected chi connectivity index (χ3v) is 2.91. The van der Waals surface area contributed by atoms with E-state index in [4.69, 9.17) is 23.2 Å². The van der Waals surface area contributed by atoms with Crippen molar-refractivity contribution >= 4 is 29.1 Å². The third-order valence-electron chi connectivity index (χ3n) is 2.44. The minimum absolute atomic E-state index is 0.00735. The molecule has 9 heteroatoms. The first-order valence-electron chi connectivity index (χ1n) is 5.32. The lowest BCUT2D eigenvalue weighted by molar-refractivity contribution is 0.0937. The summed E-state index contributed by atoms with van der Waals surface area (Å²) in [6.07, 6.45) is 1.55. The van der Waals surface area contributed by atoms with Gasteiger partial charge in [-0.15, -0.1) is 20.4 Å². The van der Waals surface area contributed by atoms with Crippen molar-refractivity contribution < 1.29 is 4.79 Å². The van der Waals surface area contributed by atoms with E-state index in [1.165, 1.54) is 6.07 Å². The van der Waals surface area contributed by atoms with Crippen molar-refractivity contribution in [1.29, 1.82) is 0 Å². The zero-order valence-corrected chi connectivity index (χ0v) is 11.6. The van der Waals surface area contributed by atoms with Crippen molar-refractivity contribution in [3.63, 3.8) is 0 Å². The van der Waals surface area contributed by atoms with Crippen molar-refractivity contribution in [2.45, 2.75) is 13.0 Å². The van der Waals surface area contributed by atoms with Gasteiger partial charge in [-0.3, -0.25) is 4.79 Å². The van der Waals surface area contributed by atoms with Gasteiger partial charge in [0.1, 0.15) is 6.33 Å². The second kappa shape index (κ2) is 5.50. The van der Waals surface area contributed by atoms with E-state index in [2.05, 4.69) is 25.7 Å². The van der Waals surface area contributed by atoms with Crippen molar-refractivity contribution in [3.8, 4) is 0 Å². The predicted molar refractivity (Wildman–Crippen MR) is 68.9 cm³/mol. The molecule has 0 bridgehead atoms. The molecular weight excluding hydrogens is 291 g/mol. The Balaban J connectivity index is 2.17. The number of hydrogen-bond acceptors (Lipinski definition) is 5. The van der Waals surface area contributed by atoms with Gasteiger partial charge in [-0.25, -0.2) is 0 Å². The zero-order valence-electron chi connectivity index (χ0n) is 10.1. The monoisotopic (exact) mass is 300 g/mol. The Labute approximate surface area is 119 Å². The molecule has 0 aromatic carbocycles. The first-order chi connectivity index (χ1) is 8.99. The van der Waals surface area contributed by atoms with E-state index in [0.717, 1.165) is 0 Å². The van der Waals surface area contributed by atoms with Crippen LogP contribution in [0.4, 0.5) is 0 Å². The van der Waals surface area contributed by atoms with Gasteiger partial charge in [0.25, 0.3) is 5.91 Å². The smallest absolute Gasteiger partial charge is 0.255 e. The summed E-state index contributed by atoms with van der Waals surface area (Å²) in [5.74, 6) is 0.217. The summed E-state index contributed by atoms with van der Waals surface area (Å²) < 4.78 is 1.71. The van der Waals surface area contributed by atoms with Gasteiger partial charge in [-0.1, -0.05) is 23.2 Å². The molecule has 0 radical (unpaired) electrons. The Morgan fingerprint density at radius 2 is 2.11 bits per heavy atom. The molecule has 0 aliphatic rings. The van der Waals surface area contributed by atoms with Crippen LogP contribution in [0.15, 0.2) is 12.4 Å². The van der Waals surface area contributed by atoms with E-state index < -0.39 is 5.91 Å². The van der Waals surface area contributed by atoms with Crippen molar-refractivity contribution in [2.24, 2.45) is 7.05 Å². The fraction of sp³-hybridized carbons (Fsp3) is 0.300. The fourth-order valence-corrected chi connectivity index (χ4v) is 1.86. The van der Waals surface area contributed by atoms with Crippen LogP contribution in [-0.2, 0) is 7.05 Å². The maximum Gasteiger partial charge on any atom is 0.255 e. The molecule has 2 heterocycles. The molecule has 2 aromatic rings. The van der Waals surface area contributed by atoms with Crippen LogP contribution in [0, 0.1) is 0 Å². The number of aromatic nitrogens is 5. The largest absolute Gasteiger partial charge is 0.342 e. The Bertz CT molecular complexity index is 614. The Hall–Kier alpha value is -1.73. The number of carbonyl (C=O) groups excluding carboxylic acids is 1. The molecule has 2 aromatic heterocycles. The van der Waals surface area contributed by atoms with E-state index >= 15 is 0 Å². The molecule has 0 fully saturated rings. The van der Waals surface area contributed by atoms with Crippen LogP contribution in [0.1, 0.15) is 29.1 Å². The second-order valence-corrected chi connectivity index (χ2v) is 4.61. The van der Waals surface area contributed by atoms with Crippen LogP contribution in [0.3, 0.4) is 0 Å². The van der Waals surface area contributed by atoms with Crippen LogP contribution in [0.2, 0.25) is 10.3 Å². The second-order valence-electron chi connectivity index (χ2n) is 3.87. The minimum atomic E-state index is -0.405. The number of amides is 1. The van der Waals surface area contributed by atoms with E-state index in [1.54, 1.807) is 24.9 Å². The highest BCUT2D eigenvalue weighted by Crippen LogP contribution is 2.17. The van der Waals surface area contributed by atoms with Gasteiger partial charge in [0.05, 0.1) is 11.6 Å². The van der Waals surface area contributed by atoms with Crippen molar-refractivity contribution in [1.82, 2.24) is 30.3 Å². The average molecular weight is 301 g/mol. The first kappa shape index (κ1) is 13.7. The number of carbonyl (C=O) groups is 1. The lowest BCUT2D eigenvalue weighted by Gasteiger charge is -2.13. The molecule has 0 saturated carbocycles. The predicted octanol–water partition coefficient (Wildman–Crippen LogP) is 1.40. The van der Waals surface area contributed by atoms with Gasteiger partial charge >= 0.3 is 0 Å². The molecule has 100 valence electrons. The highest BCUT2D eigenvalue weighted by atomic mass is 35.5. The summed E-state index contributed by atoms with van der Waals surface area (Å²) in [6, 6.07) is 1.03. The highest BCUT2D eigenvalue weighted by molar-refractivity contribution is 6.34. The van der Waals surface area contributed by atoms with Crippen LogP contribution in [0.5, 0.6) is 0 Å². The lowest BCUT2D eigenvalue weighted by atomic mass is 10.2. The van der Waals surface area contributed by atoms with Crippen LogP contribution < -0.4 is 5.32 Å². The summed E-state index contributed by atoms with van der Waals surface area (Å²) in [6.45, 7) is 1.78. The van der Waals surface area contributed by atoms with Crippen molar-refractivity contribution in [3.05, 3.63) is 34.1 Å². The number of nitrogens with zero attached hydrogens (tertiary/aromatic N) is 5. The third kappa shape index (κ3) is 2.99. The van der Waals surface area contributed by atoms with Gasteiger partial charge in [0.15, 0.2) is 16.1 Å². The quantitative estimate of drug-likeness (QED) is 0.926. The van der Waals surface area contributed by atoms with Crippen LogP contribution >= 0.6 is 23.2 Å². The number of hydrogen-bond donors (Lipinski definition) is 1. The maximum atomic E-state index is 12.1. The SMILES string of the molecule is CC(NC(=O)c1cc(Cl)nnc1Cl)c1nncn1C. The molecule has 1 unspecified atom stereocenters. The van der Waals surface area contributed by atoms with Gasteiger partial charge in [-0.2, -0.15) is 0 Å². The number of halogens is 2. The van der Waals surface area contributed by atoms with E-state index in [9.17, 15) is 4.79 Å². The molecule has 1 amide bonds. The Kier molecular flexibility index (Phi) is 3.96. The van der Waals surface area contributed by atoms with E-state index in [0.29, 0.717) is 5.82 Å². The van der Waals surface area contributed by atoms with Crippen molar-refractivity contribution in [2.75, 3.05) is 0 Å². The molecule has 1 N–H and O–H groups in total. The Morgan fingerprint density at radius 3 is 2.74 bits per heavy atom. The molecule has 0 spiro atoms. The maximum absolute atomic E-state index is 12.1. The summed E-state index contributed by atoms with van der Waals surface area (Å²) in [4.78, 5) is 12.1. The van der Waals surface area contributed by atoms with E-state index in [-0.39, 0.29) is 21.9 Å². The number of aryl methyl sites for hydroxylation is 1. The molecule has 0 aliphatic heterocycles. The molecule has 0 saturated heterocycles. The van der Waals surface area contributed by atoms with Gasteiger partial charge in [0, 0.05) is 7.05 Å². The Morgan fingerprint density at radius 1 is 1.37 bits per heavy atom. The lowest BCUT2D eigenvalue weighted by Crippen LogP contribution is -2.28. The topological polar surface area (TPSA) is 85.6 Å². The van der Waals surface area contributed by atoms with Gasteiger partial charge < -0.3 is 9.88 Å².